The lowest BCUT2D eigenvalue weighted by molar-refractivity contribution is 0.0702. The maximum absolute atomic E-state index is 5.70. The summed E-state index contributed by atoms with van der Waals surface area (Å²) < 4.78 is 16.1. The second kappa shape index (κ2) is 19.9. The van der Waals surface area contributed by atoms with Gasteiger partial charge < -0.3 is 24.8 Å². The molecule has 0 atom stereocenters. The second-order valence-corrected chi connectivity index (χ2v) is 5.89. The summed E-state index contributed by atoms with van der Waals surface area (Å²) in [6, 6.07) is 10.3. The number of halogens is 1. The van der Waals surface area contributed by atoms with E-state index in [1.165, 1.54) is 5.56 Å². The predicted octanol–water partition coefficient (Wildman–Crippen LogP) is 3.21. The molecule has 0 bridgehead atoms. The van der Waals surface area contributed by atoms with Crippen molar-refractivity contribution >= 4 is 29.9 Å². The Kier molecular flexibility index (Phi) is 19.2. The fourth-order valence-electron chi connectivity index (χ4n) is 2.24. The molecule has 0 fully saturated rings. The van der Waals surface area contributed by atoms with Crippen LogP contribution in [-0.2, 0) is 20.8 Å². The van der Waals surface area contributed by atoms with Gasteiger partial charge in [0.15, 0.2) is 5.96 Å². The average molecular weight is 493 g/mol. The van der Waals surface area contributed by atoms with Crippen molar-refractivity contribution in [3.63, 3.8) is 0 Å². The van der Waals surface area contributed by atoms with E-state index in [1.807, 2.05) is 18.2 Å². The van der Waals surface area contributed by atoms with Gasteiger partial charge in [0.25, 0.3) is 0 Å². The van der Waals surface area contributed by atoms with E-state index in [9.17, 15) is 0 Å². The molecule has 0 saturated heterocycles. The van der Waals surface area contributed by atoms with Gasteiger partial charge in [0, 0.05) is 40.0 Å². The fraction of sp³-hybridized carbons (Fsp3) is 0.650. The Morgan fingerprint density at radius 1 is 0.926 bits per heavy atom. The van der Waals surface area contributed by atoms with Gasteiger partial charge in [-0.25, -0.2) is 0 Å². The van der Waals surface area contributed by atoms with Crippen molar-refractivity contribution in [1.82, 2.24) is 10.6 Å². The number of benzene rings is 1. The zero-order chi connectivity index (χ0) is 18.7. The minimum Gasteiger partial charge on any atom is -0.382 e. The molecule has 0 aliphatic rings. The summed E-state index contributed by atoms with van der Waals surface area (Å²) >= 11 is 0. The van der Waals surface area contributed by atoms with Crippen LogP contribution in [0.25, 0.3) is 0 Å². The summed E-state index contributed by atoms with van der Waals surface area (Å²) in [4.78, 5) is 4.56. The van der Waals surface area contributed by atoms with E-state index in [2.05, 4.69) is 34.7 Å². The first-order chi connectivity index (χ1) is 12.9. The normalized spacial score (nSPS) is 11.1. The highest BCUT2D eigenvalue weighted by Crippen LogP contribution is 2.01. The van der Waals surface area contributed by atoms with Gasteiger partial charge in [0.1, 0.15) is 0 Å². The molecule has 0 aliphatic carbocycles. The fourth-order valence-corrected chi connectivity index (χ4v) is 2.24. The molecule has 6 nitrogen and oxygen atoms in total. The molecular weight excluding hydrogens is 457 g/mol. The predicted molar refractivity (Wildman–Crippen MR) is 122 cm³/mol. The van der Waals surface area contributed by atoms with Gasteiger partial charge >= 0.3 is 0 Å². The van der Waals surface area contributed by atoms with E-state index in [-0.39, 0.29) is 24.0 Å². The number of unbranched alkanes of at least 4 members (excludes halogenated alkanes) is 1. The maximum Gasteiger partial charge on any atom is 0.191 e. The van der Waals surface area contributed by atoms with Gasteiger partial charge in [-0.3, -0.25) is 4.99 Å². The van der Waals surface area contributed by atoms with Crippen LogP contribution in [0.2, 0.25) is 0 Å². The molecule has 0 spiro atoms. The summed E-state index contributed by atoms with van der Waals surface area (Å²) in [6.45, 7) is 8.04. The van der Waals surface area contributed by atoms with Crippen molar-refractivity contribution < 1.29 is 14.2 Å². The Hall–Kier alpha value is -0.900. The largest absolute Gasteiger partial charge is 0.382 e. The van der Waals surface area contributed by atoms with Crippen LogP contribution in [0.1, 0.15) is 31.7 Å². The molecule has 0 aromatic heterocycles. The molecule has 1 aromatic rings. The zero-order valence-corrected chi connectivity index (χ0v) is 19.1. The quantitative estimate of drug-likeness (QED) is 0.170. The standard InChI is InChI=1S/C20H35N3O3.HI/c1-3-21-20(23-13-9-15-25-17-16-24-2)22-12-7-8-14-26-18-19-10-5-4-6-11-19;/h4-6,10-11H,3,7-9,12-18H2,1-2H3,(H2,21,22,23);1H. The maximum atomic E-state index is 5.70. The highest BCUT2D eigenvalue weighted by Gasteiger charge is 1.97. The van der Waals surface area contributed by atoms with Gasteiger partial charge in [0.2, 0.25) is 0 Å². The lowest BCUT2D eigenvalue weighted by Gasteiger charge is -2.11. The lowest BCUT2D eigenvalue weighted by atomic mass is 10.2. The van der Waals surface area contributed by atoms with Crippen LogP contribution in [0.5, 0.6) is 0 Å². The molecular formula is C20H36IN3O3. The van der Waals surface area contributed by atoms with Gasteiger partial charge in [0.05, 0.1) is 19.8 Å². The van der Waals surface area contributed by atoms with Crippen LogP contribution in [0.4, 0.5) is 0 Å². The number of hydrogen-bond donors (Lipinski definition) is 2. The first-order valence-electron chi connectivity index (χ1n) is 9.57. The van der Waals surface area contributed by atoms with Crippen molar-refractivity contribution in [3.05, 3.63) is 35.9 Å². The van der Waals surface area contributed by atoms with E-state index in [1.54, 1.807) is 7.11 Å². The Bertz CT molecular complexity index is 461. The molecule has 0 aliphatic heterocycles. The van der Waals surface area contributed by atoms with Crippen molar-refractivity contribution in [1.29, 1.82) is 0 Å². The summed E-state index contributed by atoms with van der Waals surface area (Å²) in [6.07, 6.45) is 3.00. The zero-order valence-electron chi connectivity index (χ0n) is 16.7. The van der Waals surface area contributed by atoms with E-state index in [0.29, 0.717) is 26.4 Å². The van der Waals surface area contributed by atoms with Gasteiger partial charge in [-0.1, -0.05) is 30.3 Å². The van der Waals surface area contributed by atoms with Crippen molar-refractivity contribution in [2.45, 2.75) is 32.8 Å². The van der Waals surface area contributed by atoms with Crippen LogP contribution in [0, 0.1) is 0 Å². The Labute approximate surface area is 181 Å². The van der Waals surface area contributed by atoms with Gasteiger partial charge in [-0.05, 0) is 31.7 Å². The second-order valence-electron chi connectivity index (χ2n) is 5.89. The molecule has 2 N–H and O–H groups in total. The molecule has 0 radical (unpaired) electrons. The molecule has 7 heteroatoms. The number of hydrogen-bond acceptors (Lipinski definition) is 4. The van der Waals surface area contributed by atoms with Crippen LogP contribution in [-0.4, -0.2) is 59.1 Å². The van der Waals surface area contributed by atoms with E-state index >= 15 is 0 Å². The Morgan fingerprint density at radius 3 is 2.44 bits per heavy atom. The summed E-state index contributed by atoms with van der Waals surface area (Å²) in [7, 11) is 1.68. The lowest BCUT2D eigenvalue weighted by Crippen LogP contribution is -2.38. The van der Waals surface area contributed by atoms with Gasteiger partial charge in [-0.2, -0.15) is 0 Å². The Balaban J connectivity index is 0.00000676. The summed E-state index contributed by atoms with van der Waals surface area (Å²) in [5, 5.41) is 6.63. The molecule has 156 valence electrons. The highest BCUT2D eigenvalue weighted by molar-refractivity contribution is 14.0. The number of nitrogens with one attached hydrogen (secondary N) is 2. The third kappa shape index (κ3) is 15.8. The van der Waals surface area contributed by atoms with Crippen LogP contribution in [0.15, 0.2) is 35.3 Å². The molecule has 0 unspecified atom stereocenters. The molecule has 27 heavy (non-hydrogen) atoms. The number of nitrogens with zero attached hydrogens (tertiary/aromatic N) is 1. The minimum atomic E-state index is 0. The first kappa shape index (κ1) is 26.1. The third-order valence-corrected chi connectivity index (χ3v) is 3.61. The van der Waals surface area contributed by atoms with E-state index in [0.717, 1.165) is 51.5 Å². The average Bonchev–Trinajstić information content (AvgIpc) is 2.67. The number of rotatable bonds is 15. The summed E-state index contributed by atoms with van der Waals surface area (Å²) in [5.41, 5.74) is 1.22. The molecule has 0 amide bonds. The number of aliphatic imine (C=N–C) groups is 1. The minimum absolute atomic E-state index is 0. The van der Waals surface area contributed by atoms with E-state index < -0.39 is 0 Å². The van der Waals surface area contributed by atoms with Crippen LogP contribution >= 0.6 is 24.0 Å². The first-order valence-corrected chi connectivity index (χ1v) is 9.57. The van der Waals surface area contributed by atoms with Crippen molar-refractivity contribution in [2.24, 2.45) is 4.99 Å². The monoisotopic (exact) mass is 493 g/mol. The topological polar surface area (TPSA) is 64.1 Å². The molecule has 1 rings (SSSR count). The Morgan fingerprint density at radius 2 is 1.70 bits per heavy atom. The number of ether oxygens (including phenoxy) is 3. The summed E-state index contributed by atoms with van der Waals surface area (Å²) in [5.74, 6) is 0.870. The van der Waals surface area contributed by atoms with Crippen molar-refractivity contribution in [3.8, 4) is 0 Å². The third-order valence-electron chi connectivity index (χ3n) is 3.61. The molecule has 0 saturated carbocycles. The van der Waals surface area contributed by atoms with Gasteiger partial charge in [-0.15, -0.1) is 24.0 Å². The van der Waals surface area contributed by atoms with E-state index in [4.69, 9.17) is 14.2 Å². The number of methoxy groups -OCH3 is 1. The van der Waals surface area contributed by atoms with Crippen molar-refractivity contribution in [2.75, 3.05) is 53.2 Å². The highest BCUT2D eigenvalue weighted by atomic mass is 127. The van der Waals surface area contributed by atoms with Crippen LogP contribution in [0.3, 0.4) is 0 Å². The number of guanidine groups is 1. The molecule has 0 heterocycles. The SMILES string of the molecule is CCNC(=NCCCOCCOC)NCCCCOCc1ccccc1.I. The van der Waals surface area contributed by atoms with Crippen LogP contribution < -0.4 is 10.6 Å². The smallest absolute Gasteiger partial charge is 0.191 e. The molecule has 1 aromatic carbocycles.